The van der Waals surface area contributed by atoms with Crippen LogP contribution in [0.15, 0.2) is 332 Å². The average Bonchev–Trinajstić information content (AvgIpc) is 1.68. The SMILES string of the molecule is Brc1cc2ccccc2c2ccccc12.CC1(C)O[C@@H](C(O)(c2cc3ccccc3c3ccccc23)c2cc3ccccc3c3ccccc23)[C@H](C(O)(c2cc3ccccc3c3ccccc23)c2cc3ccccc3c3ccccc23)O1.COC(=O)C1OC(C)(C)O[C@H]1C(=O)OC.[Br-].[Mg+2].[c-]1cc2ccccc2c2ccccc12. The summed E-state index contributed by atoms with van der Waals surface area (Å²) in [4.78, 5) is 22.6. The Balaban J connectivity index is 0.000000175. The molecule has 0 spiro atoms. The molecule has 0 amide bonds. The van der Waals surface area contributed by atoms with Gasteiger partial charge in [0.25, 0.3) is 0 Å². The normalized spacial score (nSPS) is 16.5. The quantitative estimate of drug-likeness (QED) is 0.0656. The van der Waals surface area contributed by atoms with E-state index in [-0.39, 0.29) is 40.0 Å². The Labute approximate surface area is 689 Å². The number of hydrogen-bond acceptors (Lipinski definition) is 10. The second-order valence-corrected chi connectivity index (χ2v) is 30.2. The largest absolute Gasteiger partial charge is 2.00 e. The van der Waals surface area contributed by atoms with Crippen LogP contribution in [0.1, 0.15) is 49.9 Å². The molecule has 18 aromatic carbocycles. The van der Waals surface area contributed by atoms with Crippen molar-refractivity contribution in [3.05, 3.63) is 360 Å². The Morgan fingerprint density at radius 1 is 0.327 bits per heavy atom. The Bertz CT molecular complexity index is 6120. The van der Waals surface area contributed by atoms with Crippen molar-refractivity contribution in [3.8, 4) is 0 Å². The van der Waals surface area contributed by atoms with E-state index in [1.807, 2.05) is 68.4 Å². The van der Waals surface area contributed by atoms with E-state index < -0.39 is 59.1 Å². The molecule has 1 unspecified atom stereocenters. The number of aliphatic hydroxyl groups is 2. The fourth-order valence-corrected chi connectivity index (χ4v) is 17.6. The molecule has 2 fully saturated rings. The van der Waals surface area contributed by atoms with Gasteiger partial charge in [-0.3, -0.25) is 0 Å². The summed E-state index contributed by atoms with van der Waals surface area (Å²) in [5, 5.41) is 56.1. The summed E-state index contributed by atoms with van der Waals surface area (Å²) < 4.78 is 35.5. The van der Waals surface area contributed by atoms with Gasteiger partial charge in [-0.25, -0.2) is 9.59 Å². The third-order valence-corrected chi connectivity index (χ3v) is 22.5. The van der Waals surface area contributed by atoms with E-state index in [0.29, 0.717) is 22.3 Å². The summed E-state index contributed by atoms with van der Waals surface area (Å²) in [5.74, 6) is -3.60. The van der Waals surface area contributed by atoms with Gasteiger partial charge in [0.1, 0.15) is 23.4 Å². The molecule has 4 atom stereocenters. The number of esters is 2. The number of methoxy groups -OCH3 is 2. The molecule has 554 valence electrons. The van der Waals surface area contributed by atoms with E-state index in [0.717, 1.165) is 90.7 Å². The molecule has 2 heterocycles. The number of carbonyl (C=O) groups is 2. The molecule has 0 saturated carbocycles. The van der Waals surface area contributed by atoms with Gasteiger partial charge in [0.15, 0.2) is 23.8 Å². The van der Waals surface area contributed by atoms with E-state index in [1.165, 1.54) is 57.3 Å². The van der Waals surface area contributed by atoms with E-state index in [4.69, 9.17) is 18.9 Å². The number of benzene rings is 18. The van der Waals surface area contributed by atoms with Crippen molar-refractivity contribution >= 4 is 180 Å². The van der Waals surface area contributed by atoms with Gasteiger partial charge in [-0.05, 0) is 188 Å². The predicted octanol–water partition coefficient (Wildman–Crippen LogP) is 19.6. The minimum Gasteiger partial charge on any atom is -1.00 e. The van der Waals surface area contributed by atoms with Crippen LogP contribution >= 0.6 is 15.9 Å². The van der Waals surface area contributed by atoms with Gasteiger partial charge in [-0.15, -0.1) is 35.0 Å². The topological polar surface area (TPSA) is 130 Å². The van der Waals surface area contributed by atoms with Gasteiger partial charge >= 0.3 is 35.0 Å². The van der Waals surface area contributed by atoms with Gasteiger partial charge in [0.05, 0.1) is 14.2 Å². The first-order chi connectivity index (χ1) is 53.9. The van der Waals surface area contributed by atoms with Crippen LogP contribution in [0.2, 0.25) is 0 Å². The molecule has 20 rings (SSSR count). The summed E-state index contributed by atoms with van der Waals surface area (Å²) in [6.07, 6.45) is -4.57. The van der Waals surface area contributed by atoms with Crippen molar-refractivity contribution in [3.63, 3.8) is 0 Å². The van der Waals surface area contributed by atoms with Crippen molar-refractivity contribution in [2.45, 2.75) is 74.9 Å². The molecule has 2 N–H and O–H groups in total. The molecule has 2 saturated heterocycles. The second-order valence-electron chi connectivity index (χ2n) is 29.3. The van der Waals surface area contributed by atoms with Crippen LogP contribution in [0.25, 0.3) is 129 Å². The molecule has 0 radical (unpaired) electrons. The van der Waals surface area contributed by atoms with E-state index >= 15 is 10.2 Å². The third-order valence-electron chi connectivity index (χ3n) is 21.9. The second kappa shape index (κ2) is 31.8. The minimum atomic E-state index is -1.96. The van der Waals surface area contributed by atoms with Gasteiger partial charge in [-0.1, -0.05) is 306 Å². The Morgan fingerprint density at radius 3 is 0.876 bits per heavy atom. The Hall–Kier alpha value is -10.5. The number of halogens is 2. The number of hydrogen-bond donors (Lipinski definition) is 2. The fourth-order valence-electron chi connectivity index (χ4n) is 17.0. The van der Waals surface area contributed by atoms with E-state index in [1.54, 1.807) is 13.8 Å². The standard InChI is InChI=1S/C63H46O4.C14H9Br.C14H9.C9H14O6.BrH.Mg/c1-61(2)66-59(62(64,55-35-39-19-3-7-23-43(39)47-27-11-15-31-51(47)55)56-36-40-20-4-8-24-44(40)48-28-12-16-32-52(48)56)60(67-61)63(65,57-37-41-21-5-9-25-45(41)49-29-13-17-33-53(49)57)58-38-42-22-6-10-26-46(42)50-30-14-18-34-54(50)58;15-14-9-10-5-1-2-6-11(10)12-7-3-4-8-13(12)14;1-3-7-13-11(5-1)9-10-12-6-2-4-8-14(12)13;1-9(2)14-5(7(10)12-3)6(15-9)8(11)13-4;;/h3-38,59-60,64-65H,1-2H3;1-9H;1-9H;5-6H,1-4H3;1H;/q;;-1;;;+2/p-1/t59-,60-;;;5-,6?;;/m1..1../s1. The van der Waals surface area contributed by atoms with Gasteiger partial charge in [0.2, 0.25) is 0 Å². The molecule has 0 aliphatic carbocycles. The monoisotopic (exact) mass is 1620 g/mol. The van der Waals surface area contributed by atoms with Crippen LogP contribution in [0.4, 0.5) is 0 Å². The summed E-state index contributed by atoms with van der Waals surface area (Å²) in [6.45, 7) is 7.00. The van der Waals surface area contributed by atoms with Gasteiger partial charge in [0, 0.05) is 4.47 Å². The minimum absolute atomic E-state index is 0. The van der Waals surface area contributed by atoms with Gasteiger partial charge < -0.3 is 55.6 Å². The summed E-state index contributed by atoms with van der Waals surface area (Å²) >= 11 is 3.62. The van der Waals surface area contributed by atoms with Crippen molar-refractivity contribution in [2.75, 3.05) is 14.2 Å². The fraction of sp³-hybridized carbons (Fsp3) is 0.140. The number of fused-ring (bicyclic) bond motifs is 18. The molecule has 18 aromatic rings. The number of carbonyl (C=O) groups excluding carboxylic acids is 2. The zero-order valence-electron chi connectivity index (χ0n) is 63.1. The first-order valence-corrected chi connectivity index (χ1v) is 38.0. The summed E-state index contributed by atoms with van der Waals surface area (Å²) in [6, 6.07) is 116. The first-order valence-electron chi connectivity index (χ1n) is 37.2. The zero-order valence-corrected chi connectivity index (χ0v) is 67.7. The zero-order chi connectivity index (χ0) is 76.3. The molecule has 0 aromatic heterocycles. The van der Waals surface area contributed by atoms with Crippen LogP contribution in [0.3, 0.4) is 0 Å². The Kier molecular flexibility index (Phi) is 21.9. The van der Waals surface area contributed by atoms with Crippen molar-refractivity contribution < 1.29 is 65.2 Å². The molecule has 2 aliphatic rings. The molecule has 2 aliphatic heterocycles. The number of ether oxygens (including phenoxy) is 6. The van der Waals surface area contributed by atoms with Crippen LogP contribution in [0.5, 0.6) is 0 Å². The third kappa shape index (κ3) is 14.2. The first kappa shape index (κ1) is 77.8. The summed E-state index contributed by atoms with van der Waals surface area (Å²) in [5.41, 5.74) is -1.28. The van der Waals surface area contributed by atoms with Crippen LogP contribution in [0, 0.1) is 6.07 Å². The maximum atomic E-state index is 15.1. The molecular formula is C100H78Br2MgO10. The molecule has 113 heavy (non-hydrogen) atoms. The van der Waals surface area contributed by atoms with E-state index in [9.17, 15) is 9.59 Å². The number of rotatable bonds is 8. The van der Waals surface area contributed by atoms with Crippen molar-refractivity contribution in [1.29, 1.82) is 0 Å². The maximum Gasteiger partial charge on any atom is 2.00 e. The van der Waals surface area contributed by atoms with E-state index in [2.05, 4.69) is 304 Å². The van der Waals surface area contributed by atoms with Crippen LogP contribution in [-0.4, -0.2) is 95.4 Å². The molecular weight excluding hydrogens is 1550 g/mol. The summed E-state index contributed by atoms with van der Waals surface area (Å²) in [7, 11) is 2.43. The molecule has 10 nitrogen and oxygen atoms in total. The van der Waals surface area contributed by atoms with Crippen molar-refractivity contribution in [1.82, 2.24) is 0 Å². The van der Waals surface area contributed by atoms with Gasteiger partial charge in [-0.2, -0.15) is 0 Å². The van der Waals surface area contributed by atoms with Crippen molar-refractivity contribution in [2.24, 2.45) is 0 Å². The molecule has 0 bridgehead atoms. The van der Waals surface area contributed by atoms with Crippen LogP contribution in [-0.2, 0) is 49.2 Å². The smallest absolute Gasteiger partial charge is 1.00 e. The predicted molar refractivity (Wildman–Crippen MR) is 459 cm³/mol. The Morgan fingerprint density at radius 2 is 0.558 bits per heavy atom. The molecule has 13 heteroatoms. The van der Waals surface area contributed by atoms with Crippen LogP contribution < -0.4 is 17.0 Å². The average molecular weight is 1620 g/mol. The maximum absolute atomic E-state index is 15.1.